The first kappa shape index (κ1) is 17.0. The molecule has 25 heavy (non-hydrogen) atoms. The van der Waals surface area contributed by atoms with Gasteiger partial charge in [0.15, 0.2) is 11.5 Å². The standard InChI is InChI=1S/C19H18N2O3S/c1-12-10-15(23-2)16(24-3)11-14(12)20-18(22)8-9-19-21-13-6-4-5-7-17(13)25-19/h4-11H,1-3H3,(H,20,22)/b9-8+. The molecular weight excluding hydrogens is 336 g/mol. The quantitative estimate of drug-likeness (QED) is 0.695. The third-order valence-corrected chi connectivity index (χ3v) is 4.68. The van der Waals surface area contributed by atoms with Crippen LogP contribution in [0.4, 0.5) is 5.69 Å². The molecule has 0 aliphatic heterocycles. The summed E-state index contributed by atoms with van der Waals surface area (Å²) < 4.78 is 11.6. The smallest absolute Gasteiger partial charge is 0.248 e. The maximum atomic E-state index is 12.2. The van der Waals surface area contributed by atoms with Crippen molar-refractivity contribution in [2.24, 2.45) is 0 Å². The van der Waals surface area contributed by atoms with Gasteiger partial charge in [-0.3, -0.25) is 4.79 Å². The predicted octanol–water partition coefficient (Wildman–Crippen LogP) is 4.27. The summed E-state index contributed by atoms with van der Waals surface area (Å²) in [5.74, 6) is 0.969. The Bertz CT molecular complexity index is 914. The van der Waals surface area contributed by atoms with Crippen LogP contribution in [0.15, 0.2) is 42.5 Å². The highest BCUT2D eigenvalue weighted by Gasteiger charge is 2.10. The first-order chi connectivity index (χ1) is 12.1. The Kier molecular flexibility index (Phi) is 5.00. The van der Waals surface area contributed by atoms with Crippen LogP contribution in [-0.2, 0) is 4.79 Å². The molecule has 128 valence electrons. The number of fused-ring (bicyclic) bond motifs is 1. The Morgan fingerprint density at radius 1 is 1.16 bits per heavy atom. The van der Waals surface area contributed by atoms with Gasteiger partial charge >= 0.3 is 0 Å². The summed E-state index contributed by atoms with van der Waals surface area (Å²) in [7, 11) is 3.14. The van der Waals surface area contributed by atoms with Crippen molar-refractivity contribution in [3.05, 3.63) is 53.0 Å². The molecule has 0 bridgehead atoms. The number of para-hydroxylation sites is 1. The lowest BCUT2D eigenvalue weighted by Crippen LogP contribution is -2.09. The number of nitrogens with one attached hydrogen (secondary N) is 1. The summed E-state index contributed by atoms with van der Waals surface area (Å²) in [6.07, 6.45) is 3.20. The molecule has 0 aliphatic rings. The van der Waals surface area contributed by atoms with Crippen LogP contribution in [0.3, 0.4) is 0 Å². The molecule has 2 aromatic carbocycles. The maximum Gasteiger partial charge on any atom is 0.248 e. The van der Waals surface area contributed by atoms with Gasteiger partial charge in [0, 0.05) is 17.8 Å². The second-order valence-corrected chi connectivity index (χ2v) is 6.43. The van der Waals surface area contributed by atoms with Crippen LogP contribution in [0.25, 0.3) is 16.3 Å². The zero-order valence-electron chi connectivity index (χ0n) is 14.2. The fraction of sp³-hybridized carbons (Fsp3) is 0.158. The van der Waals surface area contributed by atoms with Crippen molar-refractivity contribution in [3.8, 4) is 11.5 Å². The molecule has 6 heteroatoms. The van der Waals surface area contributed by atoms with Gasteiger partial charge in [-0.2, -0.15) is 0 Å². The number of methoxy groups -OCH3 is 2. The highest BCUT2D eigenvalue weighted by atomic mass is 32.1. The summed E-state index contributed by atoms with van der Waals surface area (Å²) in [5.41, 5.74) is 2.50. The lowest BCUT2D eigenvalue weighted by Gasteiger charge is -2.12. The van der Waals surface area contributed by atoms with Gasteiger partial charge in [-0.1, -0.05) is 12.1 Å². The summed E-state index contributed by atoms with van der Waals surface area (Å²) >= 11 is 1.55. The van der Waals surface area contributed by atoms with Gasteiger partial charge in [0.2, 0.25) is 5.91 Å². The predicted molar refractivity (Wildman–Crippen MR) is 102 cm³/mol. The van der Waals surface area contributed by atoms with Gasteiger partial charge in [-0.25, -0.2) is 4.98 Å². The first-order valence-electron chi connectivity index (χ1n) is 7.68. The molecule has 3 rings (SSSR count). The van der Waals surface area contributed by atoms with Crippen LogP contribution >= 0.6 is 11.3 Å². The van der Waals surface area contributed by atoms with E-state index in [0.717, 1.165) is 20.8 Å². The Labute approximate surface area is 149 Å². The molecule has 5 nitrogen and oxygen atoms in total. The molecule has 1 N–H and O–H groups in total. The maximum absolute atomic E-state index is 12.2. The molecule has 0 saturated heterocycles. The van der Waals surface area contributed by atoms with Crippen LogP contribution in [0, 0.1) is 6.92 Å². The number of rotatable bonds is 5. The molecule has 1 aromatic heterocycles. The number of hydrogen-bond acceptors (Lipinski definition) is 5. The van der Waals surface area contributed by atoms with E-state index in [9.17, 15) is 4.79 Å². The Balaban J connectivity index is 1.75. The number of aromatic nitrogens is 1. The normalized spacial score (nSPS) is 11.0. The van der Waals surface area contributed by atoms with Crippen LogP contribution in [-0.4, -0.2) is 25.1 Å². The van der Waals surface area contributed by atoms with E-state index >= 15 is 0 Å². The van der Waals surface area contributed by atoms with Crippen LogP contribution in [0.5, 0.6) is 11.5 Å². The molecule has 0 atom stereocenters. The van der Waals surface area contributed by atoms with Crippen molar-refractivity contribution in [2.45, 2.75) is 6.92 Å². The van der Waals surface area contributed by atoms with E-state index < -0.39 is 0 Å². The van der Waals surface area contributed by atoms with Gasteiger partial charge in [-0.15, -0.1) is 11.3 Å². The number of nitrogens with zero attached hydrogens (tertiary/aromatic N) is 1. The summed E-state index contributed by atoms with van der Waals surface area (Å²) in [4.78, 5) is 16.7. The van der Waals surface area contributed by atoms with Crippen molar-refractivity contribution in [1.82, 2.24) is 4.98 Å². The fourth-order valence-electron chi connectivity index (χ4n) is 2.40. The zero-order chi connectivity index (χ0) is 17.8. The number of anilines is 1. The van der Waals surface area contributed by atoms with E-state index in [1.54, 1.807) is 37.7 Å². The van der Waals surface area contributed by atoms with E-state index in [-0.39, 0.29) is 5.91 Å². The van der Waals surface area contributed by atoms with Crippen molar-refractivity contribution in [2.75, 3.05) is 19.5 Å². The van der Waals surface area contributed by atoms with Gasteiger partial charge in [-0.05, 0) is 36.8 Å². The number of aryl methyl sites for hydroxylation is 1. The second-order valence-electron chi connectivity index (χ2n) is 5.36. The first-order valence-corrected chi connectivity index (χ1v) is 8.49. The SMILES string of the molecule is COc1cc(C)c(NC(=O)/C=C/c2nc3ccccc3s2)cc1OC. The number of thiazole rings is 1. The molecule has 0 unspecified atom stereocenters. The van der Waals surface area contributed by atoms with Crippen LogP contribution < -0.4 is 14.8 Å². The Hall–Kier alpha value is -2.86. The molecular formula is C19H18N2O3S. The third-order valence-electron chi connectivity index (χ3n) is 3.68. The highest BCUT2D eigenvalue weighted by Crippen LogP contribution is 2.32. The second kappa shape index (κ2) is 7.36. The van der Waals surface area contributed by atoms with Crippen LogP contribution in [0.2, 0.25) is 0 Å². The number of amides is 1. The molecule has 3 aromatic rings. The average molecular weight is 354 g/mol. The van der Waals surface area contributed by atoms with Crippen molar-refractivity contribution < 1.29 is 14.3 Å². The molecule has 1 amide bonds. The molecule has 0 spiro atoms. The summed E-state index contributed by atoms with van der Waals surface area (Å²) in [5, 5.41) is 3.65. The van der Waals surface area contributed by atoms with Gasteiger partial charge in [0.05, 0.1) is 24.4 Å². The molecule has 0 fully saturated rings. The molecule has 0 radical (unpaired) electrons. The Morgan fingerprint density at radius 2 is 1.88 bits per heavy atom. The fourth-order valence-corrected chi connectivity index (χ4v) is 3.27. The van der Waals surface area contributed by atoms with E-state index in [0.29, 0.717) is 17.2 Å². The van der Waals surface area contributed by atoms with E-state index in [2.05, 4.69) is 10.3 Å². The number of carbonyl (C=O) groups is 1. The average Bonchev–Trinajstić information content (AvgIpc) is 3.04. The van der Waals surface area contributed by atoms with Gasteiger partial charge in [0.25, 0.3) is 0 Å². The van der Waals surface area contributed by atoms with Crippen molar-refractivity contribution in [1.29, 1.82) is 0 Å². The van der Waals surface area contributed by atoms with Gasteiger partial charge in [0.1, 0.15) is 5.01 Å². The lowest BCUT2D eigenvalue weighted by molar-refractivity contribution is -0.111. The highest BCUT2D eigenvalue weighted by molar-refractivity contribution is 7.19. The van der Waals surface area contributed by atoms with Crippen molar-refractivity contribution >= 4 is 39.2 Å². The zero-order valence-corrected chi connectivity index (χ0v) is 15.0. The van der Waals surface area contributed by atoms with Crippen molar-refractivity contribution in [3.63, 3.8) is 0 Å². The summed E-state index contributed by atoms with van der Waals surface area (Å²) in [6.45, 7) is 1.90. The number of carbonyl (C=O) groups excluding carboxylic acids is 1. The monoisotopic (exact) mass is 354 g/mol. The topological polar surface area (TPSA) is 60.5 Å². The third kappa shape index (κ3) is 3.80. The van der Waals surface area contributed by atoms with Crippen LogP contribution in [0.1, 0.15) is 10.6 Å². The van der Waals surface area contributed by atoms with E-state index in [1.165, 1.54) is 6.08 Å². The summed E-state index contributed by atoms with van der Waals surface area (Å²) in [6, 6.07) is 11.5. The molecule has 1 heterocycles. The molecule has 0 aliphatic carbocycles. The molecule has 0 saturated carbocycles. The van der Waals surface area contributed by atoms with E-state index in [4.69, 9.17) is 9.47 Å². The number of hydrogen-bond donors (Lipinski definition) is 1. The number of benzene rings is 2. The van der Waals surface area contributed by atoms with E-state index in [1.807, 2.05) is 37.3 Å². The lowest BCUT2D eigenvalue weighted by atomic mass is 10.1. The minimum Gasteiger partial charge on any atom is -0.493 e. The number of ether oxygens (including phenoxy) is 2. The Morgan fingerprint density at radius 3 is 2.60 bits per heavy atom. The largest absolute Gasteiger partial charge is 0.493 e. The van der Waals surface area contributed by atoms with Gasteiger partial charge < -0.3 is 14.8 Å². The minimum absolute atomic E-state index is 0.227. The minimum atomic E-state index is -0.227.